The molecule has 2 aromatic carbocycles. The van der Waals surface area contributed by atoms with Crippen molar-refractivity contribution in [3.63, 3.8) is 0 Å². The molecule has 1 fully saturated rings. The van der Waals surface area contributed by atoms with E-state index in [1.807, 2.05) is 13.8 Å². The first-order chi connectivity index (χ1) is 15.5. The van der Waals surface area contributed by atoms with Gasteiger partial charge in [-0.2, -0.15) is 13.2 Å². The molecule has 33 heavy (non-hydrogen) atoms. The summed E-state index contributed by atoms with van der Waals surface area (Å²) in [5.74, 6) is -0.701. The number of anilines is 1. The first-order valence-corrected chi connectivity index (χ1v) is 10.4. The molecule has 2 aromatic rings. The molecule has 2 amide bonds. The third-order valence-electron chi connectivity index (χ3n) is 4.94. The lowest BCUT2D eigenvalue weighted by Crippen LogP contribution is -2.54. The van der Waals surface area contributed by atoms with Crippen molar-refractivity contribution in [2.45, 2.75) is 32.5 Å². The minimum absolute atomic E-state index is 0.0455. The molecular formula is C23H21F3N2O4S. The predicted molar refractivity (Wildman–Crippen MR) is 121 cm³/mol. The average Bonchev–Trinajstić information content (AvgIpc) is 2.76. The number of carbonyl (C=O) groups is 2. The molecule has 0 unspecified atom stereocenters. The van der Waals surface area contributed by atoms with Gasteiger partial charge >= 0.3 is 6.18 Å². The highest BCUT2D eigenvalue weighted by Crippen LogP contribution is 2.33. The quantitative estimate of drug-likeness (QED) is 0.370. The second-order valence-electron chi connectivity index (χ2n) is 7.25. The van der Waals surface area contributed by atoms with Crippen molar-refractivity contribution >= 4 is 40.9 Å². The Morgan fingerprint density at radius 2 is 1.88 bits per heavy atom. The SMILES string of the molecule is CC[C@H](C)Oc1ccc(/C=C2\C(=O)NC(=S)N(c3cccc(C(F)(F)F)c3)C2=O)cc1OC. The first-order valence-electron chi connectivity index (χ1n) is 9.98. The van der Waals surface area contributed by atoms with Gasteiger partial charge < -0.3 is 9.47 Å². The summed E-state index contributed by atoms with van der Waals surface area (Å²) in [4.78, 5) is 26.4. The van der Waals surface area contributed by atoms with Gasteiger partial charge in [0.15, 0.2) is 16.6 Å². The standard InChI is InChI=1S/C23H21F3N2O4S/c1-4-13(2)32-18-9-8-14(11-19(18)31-3)10-17-20(29)27-22(33)28(21(17)30)16-7-5-6-15(12-16)23(24,25)26/h5-13H,4H2,1-3H3,(H,27,29,33)/b17-10+/t13-/m0/s1. The number of halogens is 3. The van der Waals surface area contributed by atoms with Crippen LogP contribution in [0.5, 0.6) is 11.5 Å². The maximum atomic E-state index is 13.1. The molecule has 174 valence electrons. The molecule has 0 saturated carbocycles. The van der Waals surface area contributed by atoms with Gasteiger partial charge in [-0.05, 0) is 67.5 Å². The molecule has 1 aliphatic heterocycles. The number of alkyl halides is 3. The number of methoxy groups -OCH3 is 1. The minimum atomic E-state index is -4.60. The van der Waals surface area contributed by atoms with Crippen LogP contribution in [-0.4, -0.2) is 30.1 Å². The second-order valence-corrected chi connectivity index (χ2v) is 7.64. The van der Waals surface area contributed by atoms with Crippen molar-refractivity contribution in [2.24, 2.45) is 0 Å². The van der Waals surface area contributed by atoms with E-state index in [0.717, 1.165) is 29.5 Å². The number of hydrogen-bond acceptors (Lipinski definition) is 5. The van der Waals surface area contributed by atoms with Crippen LogP contribution >= 0.6 is 12.2 Å². The van der Waals surface area contributed by atoms with Gasteiger partial charge in [0.2, 0.25) is 0 Å². The third-order valence-corrected chi connectivity index (χ3v) is 5.22. The fraction of sp³-hybridized carbons (Fsp3) is 0.261. The zero-order chi connectivity index (χ0) is 24.3. The highest BCUT2D eigenvalue weighted by molar-refractivity contribution is 7.80. The van der Waals surface area contributed by atoms with Gasteiger partial charge in [-0.15, -0.1) is 0 Å². The van der Waals surface area contributed by atoms with Crippen molar-refractivity contribution in [3.8, 4) is 11.5 Å². The van der Waals surface area contributed by atoms with E-state index in [4.69, 9.17) is 21.7 Å². The Morgan fingerprint density at radius 1 is 1.15 bits per heavy atom. The number of benzene rings is 2. The summed E-state index contributed by atoms with van der Waals surface area (Å²) in [6.07, 6.45) is -2.55. The predicted octanol–water partition coefficient (Wildman–Crippen LogP) is 4.72. The van der Waals surface area contributed by atoms with E-state index in [2.05, 4.69) is 5.32 Å². The summed E-state index contributed by atoms with van der Waals surface area (Å²) in [7, 11) is 1.46. The molecular weight excluding hydrogens is 457 g/mol. The largest absolute Gasteiger partial charge is 0.493 e. The van der Waals surface area contributed by atoms with Crippen LogP contribution in [0, 0.1) is 0 Å². The van der Waals surface area contributed by atoms with Crippen molar-refractivity contribution in [1.29, 1.82) is 0 Å². The number of thiocarbonyl (C=S) groups is 1. The molecule has 0 aromatic heterocycles. The Labute approximate surface area is 194 Å². The Kier molecular flexibility index (Phi) is 7.06. The van der Waals surface area contributed by atoms with Gasteiger partial charge in [0.25, 0.3) is 11.8 Å². The smallest absolute Gasteiger partial charge is 0.416 e. The van der Waals surface area contributed by atoms with Crippen LogP contribution in [0.25, 0.3) is 6.08 Å². The molecule has 0 bridgehead atoms. The van der Waals surface area contributed by atoms with E-state index >= 15 is 0 Å². The van der Waals surface area contributed by atoms with Gasteiger partial charge in [-0.3, -0.25) is 19.8 Å². The fourth-order valence-electron chi connectivity index (χ4n) is 3.05. The van der Waals surface area contributed by atoms with Crippen LogP contribution in [0.4, 0.5) is 18.9 Å². The minimum Gasteiger partial charge on any atom is -0.493 e. The molecule has 10 heteroatoms. The molecule has 1 aliphatic rings. The Hall–Kier alpha value is -3.40. The lowest BCUT2D eigenvalue weighted by atomic mass is 10.1. The second kappa shape index (κ2) is 9.62. The molecule has 0 aliphatic carbocycles. The lowest BCUT2D eigenvalue weighted by Gasteiger charge is -2.29. The van der Waals surface area contributed by atoms with Gasteiger partial charge in [0, 0.05) is 0 Å². The number of rotatable bonds is 6. The summed E-state index contributed by atoms with van der Waals surface area (Å²) in [5, 5.41) is 2.04. The summed E-state index contributed by atoms with van der Waals surface area (Å²) in [5.41, 5.74) is -0.891. The number of ether oxygens (including phenoxy) is 2. The first kappa shape index (κ1) is 24.2. The molecule has 1 heterocycles. The van der Waals surface area contributed by atoms with E-state index in [0.29, 0.717) is 17.1 Å². The number of amides is 2. The monoisotopic (exact) mass is 478 g/mol. The Morgan fingerprint density at radius 3 is 2.52 bits per heavy atom. The third kappa shape index (κ3) is 5.33. The molecule has 0 spiro atoms. The Bertz CT molecular complexity index is 1130. The van der Waals surface area contributed by atoms with E-state index < -0.39 is 23.6 Å². The van der Waals surface area contributed by atoms with Crippen molar-refractivity contribution < 1.29 is 32.2 Å². The normalized spacial score (nSPS) is 16.6. The number of nitrogens with one attached hydrogen (secondary N) is 1. The average molecular weight is 478 g/mol. The van der Waals surface area contributed by atoms with Crippen LogP contribution in [0.15, 0.2) is 48.0 Å². The van der Waals surface area contributed by atoms with Crippen molar-refractivity contribution in [3.05, 3.63) is 59.2 Å². The number of nitrogens with zero attached hydrogens (tertiary/aromatic N) is 1. The van der Waals surface area contributed by atoms with Gasteiger partial charge in [-0.25, -0.2) is 0 Å². The maximum absolute atomic E-state index is 13.1. The molecule has 1 N–H and O–H groups in total. The molecule has 1 atom stereocenters. The van der Waals surface area contributed by atoms with E-state index in [9.17, 15) is 22.8 Å². The molecule has 1 saturated heterocycles. The summed E-state index contributed by atoms with van der Waals surface area (Å²) in [6.45, 7) is 3.88. The highest BCUT2D eigenvalue weighted by Gasteiger charge is 2.36. The van der Waals surface area contributed by atoms with Crippen LogP contribution in [0.3, 0.4) is 0 Å². The van der Waals surface area contributed by atoms with Crippen LogP contribution in [0.2, 0.25) is 0 Å². The molecule has 0 radical (unpaired) electrons. The number of carbonyl (C=O) groups excluding carboxylic acids is 2. The topological polar surface area (TPSA) is 67.9 Å². The van der Waals surface area contributed by atoms with E-state index in [1.165, 1.54) is 19.3 Å². The number of hydrogen-bond donors (Lipinski definition) is 1. The van der Waals surface area contributed by atoms with Crippen LogP contribution in [0.1, 0.15) is 31.4 Å². The van der Waals surface area contributed by atoms with E-state index in [-0.39, 0.29) is 22.5 Å². The zero-order valence-electron chi connectivity index (χ0n) is 18.0. The Balaban J connectivity index is 1.98. The lowest BCUT2D eigenvalue weighted by molar-refractivity contribution is -0.137. The summed E-state index contributed by atoms with van der Waals surface area (Å²) >= 11 is 5.05. The van der Waals surface area contributed by atoms with Gasteiger partial charge in [0.1, 0.15) is 5.57 Å². The maximum Gasteiger partial charge on any atom is 0.416 e. The van der Waals surface area contributed by atoms with E-state index in [1.54, 1.807) is 18.2 Å². The molecule has 3 rings (SSSR count). The van der Waals surface area contributed by atoms with Crippen molar-refractivity contribution in [2.75, 3.05) is 12.0 Å². The fourth-order valence-corrected chi connectivity index (χ4v) is 3.33. The van der Waals surface area contributed by atoms with Gasteiger partial charge in [-0.1, -0.05) is 19.1 Å². The summed E-state index contributed by atoms with van der Waals surface area (Å²) in [6, 6.07) is 9.02. The van der Waals surface area contributed by atoms with Gasteiger partial charge in [0.05, 0.1) is 24.5 Å². The highest BCUT2D eigenvalue weighted by atomic mass is 32.1. The van der Waals surface area contributed by atoms with Crippen molar-refractivity contribution in [1.82, 2.24) is 5.32 Å². The molecule has 6 nitrogen and oxygen atoms in total. The zero-order valence-corrected chi connectivity index (χ0v) is 18.8. The summed E-state index contributed by atoms with van der Waals surface area (Å²) < 4.78 is 50.5. The van der Waals surface area contributed by atoms with Crippen LogP contribution < -0.4 is 19.7 Å². The van der Waals surface area contributed by atoms with Crippen LogP contribution in [-0.2, 0) is 15.8 Å².